The molecule has 0 spiro atoms. The number of halogens is 4. The number of carbonyl (C=O) groups is 1. The molecule has 4 nitrogen and oxygen atoms in total. The molecular weight excluding hydrogens is 287 g/mol. The van der Waals surface area contributed by atoms with Crippen LogP contribution in [0.5, 0.6) is 5.75 Å². The van der Waals surface area contributed by atoms with Crippen LogP contribution in [-0.4, -0.2) is 19.4 Å². The van der Waals surface area contributed by atoms with E-state index in [2.05, 4.69) is 9.47 Å². The van der Waals surface area contributed by atoms with E-state index in [1.165, 1.54) is 19.2 Å². The summed E-state index contributed by atoms with van der Waals surface area (Å²) in [6.07, 6.45) is -4.88. The monoisotopic (exact) mass is 299 g/mol. The maximum atomic E-state index is 12.0. The van der Waals surface area contributed by atoms with Gasteiger partial charge in [0, 0.05) is 6.04 Å². The fourth-order valence-corrected chi connectivity index (χ4v) is 1.32. The van der Waals surface area contributed by atoms with Crippen LogP contribution in [0.25, 0.3) is 0 Å². The average Bonchev–Trinajstić information content (AvgIpc) is 2.26. The Kier molecular flexibility index (Phi) is 6.64. The van der Waals surface area contributed by atoms with Crippen molar-refractivity contribution in [2.24, 2.45) is 5.73 Å². The zero-order chi connectivity index (χ0) is 13.8. The quantitative estimate of drug-likeness (QED) is 0.868. The Labute approximate surface area is 114 Å². The van der Waals surface area contributed by atoms with E-state index in [-0.39, 0.29) is 24.6 Å². The Bertz CT molecular complexity index is 426. The number of rotatable bonds is 4. The van der Waals surface area contributed by atoms with Gasteiger partial charge >= 0.3 is 12.3 Å². The fraction of sp³-hybridized carbons (Fsp3) is 0.364. The van der Waals surface area contributed by atoms with E-state index in [0.29, 0.717) is 5.56 Å². The van der Waals surface area contributed by atoms with Crippen molar-refractivity contribution in [3.63, 3.8) is 0 Å². The number of hydrogen-bond acceptors (Lipinski definition) is 4. The lowest BCUT2D eigenvalue weighted by Crippen LogP contribution is -2.19. The van der Waals surface area contributed by atoms with Crippen LogP contribution in [0.3, 0.4) is 0 Å². The van der Waals surface area contributed by atoms with E-state index in [1.807, 2.05) is 0 Å². The van der Waals surface area contributed by atoms with Gasteiger partial charge in [0.05, 0.1) is 13.5 Å². The summed E-state index contributed by atoms with van der Waals surface area (Å²) in [5.41, 5.74) is 6.03. The molecule has 2 N–H and O–H groups in total. The van der Waals surface area contributed by atoms with Crippen LogP contribution in [0.4, 0.5) is 13.2 Å². The number of ether oxygens (including phenoxy) is 2. The first kappa shape index (κ1) is 17.5. The lowest BCUT2D eigenvalue weighted by molar-refractivity contribution is -0.274. The van der Waals surface area contributed by atoms with Crippen LogP contribution in [0, 0.1) is 0 Å². The lowest BCUT2D eigenvalue weighted by atomic mass is 10.0. The molecule has 0 amide bonds. The molecule has 0 aromatic heterocycles. The number of hydrogen-bond donors (Lipinski definition) is 1. The Morgan fingerprint density at radius 2 is 2.05 bits per heavy atom. The zero-order valence-electron chi connectivity index (χ0n) is 9.94. The molecule has 0 saturated carbocycles. The third-order valence-corrected chi connectivity index (χ3v) is 2.13. The molecule has 0 aliphatic carbocycles. The smallest absolute Gasteiger partial charge is 0.469 e. The van der Waals surface area contributed by atoms with Crippen molar-refractivity contribution < 1.29 is 27.4 Å². The van der Waals surface area contributed by atoms with Crippen LogP contribution < -0.4 is 10.5 Å². The summed E-state index contributed by atoms with van der Waals surface area (Å²) < 4.78 is 44.2. The summed E-state index contributed by atoms with van der Waals surface area (Å²) in [5.74, 6) is -0.912. The number of methoxy groups -OCH3 is 1. The van der Waals surface area contributed by atoms with Gasteiger partial charge in [-0.25, -0.2) is 0 Å². The molecule has 1 aromatic rings. The molecule has 1 aromatic carbocycles. The summed E-state index contributed by atoms with van der Waals surface area (Å²) in [4.78, 5) is 11.0. The molecule has 8 heteroatoms. The van der Waals surface area contributed by atoms with Crippen molar-refractivity contribution in [2.75, 3.05) is 7.11 Å². The van der Waals surface area contributed by atoms with Gasteiger partial charge in [-0.3, -0.25) is 4.79 Å². The van der Waals surface area contributed by atoms with Crippen LogP contribution in [0.15, 0.2) is 24.3 Å². The molecule has 0 unspecified atom stereocenters. The lowest BCUT2D eigenvalue weighted by Gasteiger charge is -2.13. The normalized spacial score (nSPS) is 12.3. The Morgan fingerprint density at radius 1 is 1.42 bits per heavy atom. The molecule has 0 heterocycles. The highest BCUT2D eigenvalue weighted by Crippen LogP contribution is 2.25. The molecule has 1 rings (SSSR count). The molecule has 108 valence electrons. The summed E-state index contributed by atoms with van der Waals surface area (Å²) in [6.45, 7) is 0. The Balaban J connectivity index is 0.00000324. The molecule has 0 radical (unpaired) electrons. The first-order chi connectivity index (χ1) is 8.31. The molecule has 0 fully saturated rings. The first-order valence-corrected chi connectivity index (χ1v) is 5.00. The molecule has 0 saturated heterocycles. The van der Waals surface area contributed by atoms with Gasteiger partial charge in [-0.2, -0.15) is 0 Å². The highest BCUT2D eigenvalue weighted by molar-refractivity contribution is 5.85. The second kappa shape index (κ2) is 7.20. The van der Waals surface area contributed by atoms with Crippen molar-refractivity contribution in [3.8, 4) is 5.75 Å². The summed E-state index contributed by atoms with van der Waals surface area (Å²) >= 11 is 0. The number of carbonyl (C=O) groups excluding carboxylic acids is 1. The van der Waals surface area contributed by atoms with E-state index in [4.69, 9.17) is 5.73 Å². The van der Waals surface area contributed by atoms with E-state index in [1.54, 1.807) is 0 Å². The first-order valence-electron chi connectivity index (χ1n) is 5.00. The second-order valence-corrected chi connectivity index (χ2v) is 3.51. The number of alkyl halides is 3. The van der Waals surface area contributed by atoms with Crippen molar-refractivity contribution in [1.82, 2.24) is 0 Å². The highest BCUT2D eigenvalue weighted by atomic mass is 35.5. The number of nitrogens with two attached hydrogens (primary N) is 1. The van der Waals surface area contributed by atoms with Crippen LogP contribution in [-0.2, 0) is 9.53 Å². The van der Waals surface area contributed by atoms with Crippen molar-refractivity contribution in [3.05, 3.63) is 29.8 Å². The maximum Gasteiger partial charge on any atom is 0.573 e. The molecule has 0 aliphatic heterocycles. The van der Waals surface area contributed by atoms with Crippen molar-refractivity contribution in [2.45, 2.75) is 18.8 Å². The molecular formula is C11H13ClF3NO3. The SMILES string of the molecule is COC(=O)C[C@@H](N)c1cccc(OC(F)(F)F)c1.Cl. The van der Waals surface area contributed by atoms with E-state index in [0.717, 1.165) is 12.1 Å². The van der Waals surface area contributed by atoms with E-state index < -0.39 is 18.4 Å². The second-order valence-electron chi connectivity index (χ2n) is 3.51. The predicted octanol–water partition coefficient (Wildman–Crippen LogP) is 2.57. The van der Waals surface area contributed by atoms with Gasteiger partial charge in [0.1, 0.15) is 5.75 Å². The van der Waals surface area contributed by atoms with Gasteiger partial charge in [0.2, 0.25) is 0 Å². The van der Waals surface area contributed by atoms with Gasteiger partial charge in [-0.1, -0.05) is 12.1 Å². The third-order valence-electron chi connectivity index (χ3n) is 2.13. The molecule has 0 aliphatic rings. The Morgan fingerprint density at radius 3 is 2.58 bits per heavy atom. The predicted molar refractivity (Wildman–Crippen MR) is 63.9 cm³/mol. The minimum atomic E-state index is -4.76. The number of esters is 1. The summed E-state index contributed by atoms with van der Waals surface area (Å²) in [6, 6.07) is 4.43. The zero-order valence-corrected chi connectivity index (χ0v) is 10.8. The number of benzene rings is 1. The maximum absolute atomic E-state index is 12.0. The van der Waals surface area contributed by atoms with Gasteiger partial charge in [-0.15, -0.1) is 25.6 Å². The summed E-state index contributed by atoms with van der Waals surface area (Å²) in [5, 5.41) is 0. The van der Waals surface area contributed by atoms with Crippen LogP contribution in [0.1, 0.15) is 18.0 Å². The van der Waals surface area contributed by atoms with Gasteiger partial charge in [0.15, 0.2) is 0 Å². The minimum Gasteiger partial charge on any atom is -0.469 e. The topological polar surface area (TPSA) is 61.5 Å². The fourth-order valence-electron chi connectivity index (χ4n) is 1.32. The minimum absolute atomic E-state index is 0. The van der Waals surface area contributed by atoms with E-state index >= 15 is 0 Å². The third kappa shape index (κ3) is 6.30. The molecule has 1 atom stereocenters. The van der Waals surface area contributed by atoms with Gasteiger partial charge in [-0.05, 0) is 17.7 Å². The van der Waals surface area contributed by atoms with Gasteiger partial charge in [0.25, 0.3) is 0 Å². The highest BCUT2D eigenvalue weighted by Gasteiger charge is 2.31. The average molecular weight is 300 g/mol. The standard InChI is InChI=1S/C11H12F3NO3.ClH/c1-17-10(16)6-9(15)7-3-2-4-8(5-7)18-11(12,13)14;/h2-5,9H,6,15H2,1H3;1H/t9-;/m1./s1. The molecule has 0 bridgehead atoms. The van der Waals surface area contributed by atoms with Crippen LogP contribution in [0.2, 0.25) is 0 Å². The Hall–Kier alpha value is -1.47. The van der Waals surface area contributed by atoms with Crippen molar-refractivity contribution >= 4 is 18.4 Å². The van der Waals surface area contributed by atoms with E-state index in [9.17, 15) is 18.0 Å². The summed E-state index contributed by atoms with van der Waals surface area (Å²) in [7, 11) is 1.21. The molecule has 19 heavy (non-hydrogen) atoms. The van der Waals surface area contributed by atoms with Gasteiger partial charge < -0.3 is 15.2 Å². The van der Waals surface area contributed by atoms with Crippen molar-refractivity contribution in [1.29, 1.82) is 0 Å². The van der Waals surface area contributed by atoms with Crippen LogP contribution >= 0.6 is 12.4 Å². The largest absolute Gasteiger partial charge is 0.573 e.